The van der Waals surface area contributed by atoms with Gasteiger partial charge in [0.15, 0.2) is 0 Å². The Balaban J connectivity index is 1.83. The van der Waals surface area contributed by atoms with Crippen LogP contribution < -0.4 is 5.73 Å². The maximum Gasteiger partial charge on any atom is 0.0230 e. The first-order valence-electron chi connectivity index (χ1n) is 7.70. The number of hydrogen-bond donors (Lipinski definition) is 1. The summed E-state index contributed by atoms with van der Waals surface area (Å²) < 4.78 is 0. The van der Waals surface area contributed by atoms with Crippen LogP contribution >= 0.6 is 0 Å². The highest BCUT2D eigenvalue weighted by atomic mass is 15.1. The van der Waals surface area contributed by atoms with Crippen molar-refractivity contribution in [3.8, 4) is 0 Å². The van der Waals surface area contributed by atoms with E-state index < -0.39 is 0 Å². The monoisotopic (exact) mass is 282 g/mol. The molecule has 1 atom stereocenters. The molecule has 0 aliphatic heterocycles. The molecule has 0 fully saturated rings. The topological polar surface area (TPSA) is 29.3 Å². The molecule has 2 N–H and O–H groups in total. The van der Waals surface area contributed by atoms with Gasteiger partial charge in [0.2, 0.25) is 0 Å². The van der Waals surface area contributed by atoms with E-state index in [9.17, 15) is 0 Å². The second-order valence-electron chi connectivity index (χ2n) is 5.85. The lowest BCUT2D eigenvalue weighted by atomic mass is 10.00. The average molecular weight is 282 g/mol. The predicted molar refractivity (Wildman–Crippen MR) is 90.4 cm³/mol. The fourth-order valence-electron chi connectivity index (χ4n) is 2.44. The van der Waals surface area contributed by atoms with E-state index in [0.29, 0.717) is 12.5 Å². The van der Waals surface area contributed by atoms with Crippen LogP contribution in [0.5, 0.6) is 0 Å². The summed E-state index contributed by atoms with van der Waals surface area (Å²) in [5.41, 5.74) is 9.80. The van der Waals surface area contributed by atoms with Crippen molar-refractivity contribution in [2.45, 2.75) is 25.8 Å². The molecule has 2 heteroatoms. The molecule has 2 aromatic rings. The van der Waals surface area contributed by atoms with Gasteiger partial charge in [0.05, 0.1) is 0 Å². The fraction of sp³-hybridized carbons (Fsp3) is 0.368. The van der Waals surface area contributed by atoms with E-state index in [0.717, 1.165) is 19.5 Å². The summed E-state index contributed by atoms with van der Waals surface area (Å²) in [5, 5.41) is 0. The van der Waals surface area contributed by atoms with Gasteiger partial charge in [-0.1, -0.05) is 61.5 Å². The standard InChI is InChI=1S/C19H26N2/c1-16(14-20)19-10-8-18(9-11-19)15-21(2)13-12-17-6-4-3-5-7-17/h3-11,16H,12-15,20H2,1-2H3. The highest BCUT2D eigenvalue weighted by molar-refractivity contribution is 5.25. The first-order valence-corrected chi connectivity index (χ1v) is 7.70. The molecule has 0 saturated heterocycles. The Hall–Kier alpha value is -1.64. The molecule has 0 bridgehead atoms. The van der Waals surface area contributed by atoms with Gasteiger partial charge in [-0.15, -0.1) is 0 Å². The Morgan fingerprint density at radius 3 is 2.24 bits per heavy atom. The van der Waals surface area contributed by atoms with Crippen LogP contribution in [0.3, 0.4) is 0 Å². The van der Waals surface area contributed by atoms with Crippen molar-refractivity contribution >= 4 is 0 Å². The molecule has 0 spiro atoms. The van der Waals surface area contributed by atoms with Gasteiger partial charge in [-0.05, 0) is 42.6 Å². The predicted octanol–water partition coefficient (Wildman–Crippen LogP) is 3.42. The largest absolute Gasteiger partial charge is 0.330 e. The molecule has 0 aliphatic carbocycles. The van der Waals surface area contributed by atoms with E-state index in [-0.39, 0.29) is 0 Å². The Labute approximate surface area is 128 Å². The minimum Gasteiger partial charge on any atom is -0.330 e. The van der Waals surface area contributed by atoms with Crippen molar-refractivity contribution in [1.82, 2.24) is 4.90 Å². The van der Waals surface area contributed by atoms with E-state index >= 15 is 0 Å². The Morgan fingerprint density at radius 2 is 1.62 bits per heavy atom. The summed E-state index contributed by atoms with van der Waals surface area (Å²) in [7, 11) is 2.18. The number of benzene rings is 2. The number of nitrogens with two attached hydrogens (primary N) is 1. The van der Waals surface area contributed by atoms with Crippen LogP contribution in [0, 0.1) is 0 Å². The van der Waals surface area contributed by atoms with E-state index in [2.05, 4.69) is 73.5 Å². The molecule has 0 saturated carbocycles. The van der Waals surface area contributed by atoms with Crippen molar-refractivity contribution < 1.29 is 0 Å². The van der Waals surface area contributed by atoms with Crippen LogP contribution in [0.1, 0.15) is 29.5 Å². The van der Waals surface area contributed by atoms with Crippen LogP contribution in [0.4, 0.5) is 0 Å². The van der Waals surface area contributed by atoms with Gasteiger partial charge in [0, 0.05) is 13.1 Å². The van der Waals surface area contributed by atoms with Crippen LogP contribution in [-0.4, -0.2) is 25.0 Å². The summed E-state index contributed by atoms with van der Waals surface area (Å²) in [6.07, 6.45) is 1.10. The molecule has 2 nitrogen and oxygen atoms in total. The zero-order valence-electron chi connectivity index (χ0n) is 13.1. The highest BCUT2D eigenvalue weighted by Gasteiger charge is 2.04. The van der Waals surface area contributed by atoms with Gasteiger partial charge in [-0.2, -0.15) is 0 Å². The first kappa shape index (κ1) is 15.7. The third kappa shape index (κ3) is 5.00. The van der Waals surface area contributed by atoms with Crippen LogP contribution in [-0.2, 0) is 13.0 Å². The van der Waals surface area contributed by atoms with Crippen molar-refractivity contribution in [3.05, 3.63) is 71.3 Å². The molecule has 0 radical (unpaired) electrons. The summed E-state index contributed by atoms with van der Waals surface area (Å²) in [4.78, 5) is 2.37. The number of nitrogens with zero attached hydrogens (tertiary/aromatic N) is 1. The van der Waals surface area contributed by atoms with E-state index in [1.165, 1.54) is 16.7 Å². The molecule has 2 rings (SSSR count). The van der Waals surface area contributed by atoms with Crippen molar-refractivity contribution in [1.29, 1.82) is 0 Å². The lowest BCUT2D eigenvalue weighted by molar-refractivity contribution is 0.331. The molecular formula is C19H26N2. The van der Waals surface area contributed by atoms with Crippen molar-refractivity contribution in [2.24, 2.45) is 5.73 Å². The summed E-state index contributed by atoms with van der Waals surface area (Å²) >= 11 is 0. The van der Waals surface area contributed by atoms with Gasteiger partial charge in [-0.25, -0.2) is 0 Å². The third-order valence-electron chi connectivity index (χ3n) is 3.98. The normalized spacial score (nSPS) is 12.6. The van der Waals surface area contributed by atoms with E-state index in [1.807, 2.05) is 0 Å². The van der Waals surface area contributed by atoms with Gasteiger partial charge in [-0.3, -0.25) is 0 Å². The summed E-state index contributed by atoms with van der Waals surface area (Å²) in [6.45, 7) is 4.94. The van der Waals surface area contributed by atoms with Crippen LogP contribution in [0.2, 0.25) is 0 Å². The zero-order chi connectivity index (χ0) is 15.1. The summed E-state index contributed by atoms with van der Waals surface area (Å²) in [5.74, 6) is 0.440. The van der Waals surface area contributed by atoms with Crippen LogP contribution in [0.25, 0.3) is 0 Å². The summed E-state index contributed by atoms with van der Waals surface area (Å²) in [6, 6.07) is 19.5. The number of hydrogen-bond acceptors (Lipinski definition) is 2. The fourth-order valence-corrected chi connectivity index (χ4v) is 2.44. The van der Waals surface area contributed by atoms with Gasteiger partial charge >= 0.3 is 0 Å². The molecule has 112 valence electrons. The molecule has 2 aromatic carbocycles. The quantitative estimate of drug-likeness (QED) is 0.843. The van der Waals surface area contributed by atoms with Gasteiger partial charge in [0.25, 0.3) is 0 Å². The molecule has 0 amide bonds. The van der Waals surface area contributed by atoms with Crippen molar-refractivity contribution in [3.63, 3.8) is 0 Å². The first-order chi connectivity index (χ1) is 10.2. The van der Waals surface area contributed by atoms with Gasteiger partial charge < -0.3 is 10.6 Å². The molecule has 0 heterocycles. The Morgan fingerprint density at radius 1 is 0.952 bits per heavy atom. The third-order valence-corrected chi connectivity index (χ3v) is 3.98. The highest BCUT2D eigenvalue weighted by Crippen LogP contribution is 2.15. The van der Waals surface area contributed by atoms with Crippen molar-refractivity contribution in [2.75, 3.05) is 20.1 Å². The second-order valence-corrected chi connectivity index (χ2v) is 5.85. The van der Waals surface area contributed by atoms with Gasteiger partial charge in [0.1, 0.15) is 0 Å². The average Bonchev–Trinajstić information content (AvgIpc) is 2.54. The molecule has 0 aliphatic rings. The number of likely N-dealkylation sites (N-methyl/N-ethyl adjacent to an activating group) is 1. The second kappa shape index (κ2) is 7.96. The smallest absolute Gasteiger partial charge is 0.0230 e. The minimum atomic E-state index is 0.440. The Bertz CT molecular complexity index is 519. The van der Waals surface area contributed by atoms with Crippen LogP contribution in [0.15, 0.2) is 54.6 Å². The zero-order valence-corrected chi connectivity index (χ0v) is 13.1. The maximum absolute atomic E-state index is 5.71. The van der Waals surface area contributed by atoms with E-state index in [1.54, 1.807) is 0 Å². The molecule has 0 aromatic heterocycles. The SMILES string of the molecule is CC(CN)c1ccc(CN(C)CCc2ccccc2)cc1. The Kier molecular flexibility index (Phi) is 5.97. The van der Waals surface area contributed by atoms with E-state index in [4.69, 9.17) is 5.73 Å². The minimum absolute atomic E-state index is 0.440. The maximum atomic E-state index is 5.71. The lowest BCUT2D eigenvalue weighted by Gasteiger charge is -2.17. The molecule has 1 unspecified atom stereocenters. The molecule has 21 heavy (non-hydrogen) atoms. The molecular weight excluding hydrogens is 256 g/mol. The lowest BCUT2D eigenvalue weighted by Crippen LogP contribution is -2.20. The number of rotatable bonds is 7.